The number of fused-ring (bicyclic) bond motifs is 1. The fourth-order valence-electron chi connectivity index (χ4n) is 4.58. The Morgan fingerprint density at radius 1 is 1.10 bits per heavy atom. The summed E-state index contributed by atoms with van der Waals surface area (Å²) in [7, 11) is 0. The maximum Gasteiger partial charge on any atom is 0.332 e. The Bertz CT molecular complexity index is 1170. The molecule has 0 aliphatic carbocycles. The minimum Gasteiger partial charge on any atom is -0.297 e. The third-order valence-electron chi connectivity index (χ3n) is 6.24. The zero-order valence-electron chi connectivity index (χ0n) is 17.0. The van der Waals surface area contributed by atoms with Crippen LogP contribution in [0.15, 0.2) is 39.4 Å². The summed E-state index contributed by atoms with van der Waals surface area (Å²) < 4.78 is 2.88. The van der Waals surface area contributed by atoms with E-state index in [2.05, 4.69) is 25.3 Å². The van der Waals surface area contributed by atoms with Crippen LogP contribution in [0, 0.1) is 12.3 Å². The summed E-state index contributed by atoms with van der Waals surface area (Å²) in [6.45, 7) is 5.66. The first-order valence-corrected chi connectivity index (χ1v) is 11.1. The van der Waals surface area contributed by atoms with Crippen LogP contribution in [0.2, 0.25) is 0 Å². The first-order valence-electron chi connectivity index (χ1n) is 10.3. The minimum atomic E-state index is -0.571. The van der Waals surface area contributed by atoms with E-state index in [4.69, 9.17) is 0 Å². The first-order chi connectivity index (χ1) is 14.5. The van der Waals surface area contributed by atoms with Crippen LogP contribution < -0.4 is 11.1 Å². The van der Waals surface area contributed by atoms with Gasteiger partial charge in [-0.3, -0.25) is 24.0 Å². The molecule has 3 aromatic rings. The van der Waals surface area contributed by atoms with Crippen LogP contribution in [0.4, 0.5) is 0 Å². The summed E-state index contributed by atoms with van der Waals surface area (Å²) in [6, 6.07) is 5.52. The average molecular weight is 425 g/mol. The van der Waals surface area contributed by atoms with E-state index in [0.29, 0.717) is 6.54 Å². The second kappa shape index (κ2) is 7.55. The summed E-state index contributed by atoms with van der Waals surface area (Å²) in [4.78, 5) is 36.6. The largest absolute Gasteiger partial charge is 0.332 e. The summed E-state index contributed by atoms with van der Waals surface area (Å²) in [5.74, 6) is 0.721. The average Bonchev–Trinajstić information content (AvgIpc) is 3.32. The van der Waals surface area contributed by atoms with E-state index < -0.39 is 11.1 Å². The van der Waals surface area contributed by atoms with Gasteiger partial charge in [0.25, 0.3) is 0 Å². The lowest BCUT2D eigenvalue weighted by Crippen LogP contribution is -2.44. The molecule has 0 N–H and O–H groups in total. The predicted octanol–water partition coefficient (Wildman–Crippen LogP) is 1.45. The lowest BCUT2D eigenvalue weighted by atomic mass is 9.77. The molecule has 0 atom stereocenters. The SMILES string of the molecule is Cc1nc(CN2CCC3(CC2)Cc2nn(Cc4ccccn4)c(=O)c(=O)n2C3)cs1. The number of hydrogen-bond donors (Lipinski definition) is 0. The van der Waals surface area contributed by atoms with Crippen molar-refractivity contribution >= 4 is 11.3 Å². The molecule has 1 fully saturated rings. The van der Waals surface area contributed by atoms with Gasteiger partial charge in [0.15, 0.2) is 0 Å². The van der Waals surface area contributed by atoms with Gasteiger partial charge in [-0.25, -0.2) is 9.67 Å². The molecular weight excluding hydrogens is 400 g/mol. The van der Waals surface area contributed by atoms with Crippen molar-refractivity contribution in [2.24, 2.45) is 5.41 Å². The summed E-state index contributed by atoms with van der Waals surface area (Å²) in [6.07, 6.45) is 4.41. The van der Waals surface area contributed by atoms with E-state index in [1.165, 1.54) is 4.68 Å². The van der Waals surface area contributed by atoms with Gasteiger partial charge < -0.3 is 0 Å². The quantitative estimate of drug-likeness (QED) is 0.590. The standard InChI is InChI=1S/C21H24N6O2S/c1-15-23-17(13-30-15)11-25-8-5-21(6-9-25)10-18-24-27(12-16-4-2-3-7-22-16)20(29)19(28)26(18)14-21/h2-4,7,13H,5-6,8-12,14H2,1H3. The highest BCUT2D eigenvalue weighted by molar-refractivity contribution is 7.09. The minimum absolute atomic E-state index is 0.0181. The molecule has 5 rings (SSSR count). The topological polar surface area (TPSA) is 85.9 Å². The maximum atomic E-state index is 12.8. The zero-order chi connectivity index (χ0) is 20.7. The summed E-state index contributed by atoms with van der Waals surface area (Å²) >= 11 is 1.69. The first kappa shape index (κ1) is 19.3. The van der Waals surface area contributed by atoms with Crippen molar-refractivity contribution in [3.63, 3.8) is 0 Å². The van der Waals surface area contributed by atoms with Crippen LogP contribution in [-0.2, 0) is 26.1 Å². The summed E-state index contributed by atoms with van der Waals surface area (Å²) in [5, 5.41) is 7.78. The molecule has 0 saturated carbocycles. The zero-order valence-corrected chi connectivity index (χ0v) is 17.8. The monoisotopic (exact) mass is 424 g/mol. The maximum absolute atomic E-state index is 12.8. The van der Waals surface area contributed by atoms with Crippen LogP contribution in [0.5, 0.6) is 0 Å². The molecule has 8 nitrogen and oxygen atoms in total. The number of nitrogens with zero attached hydrogens (tertiary/aromatic N) is 6. The number of pyridine rings is 1. The number of aromatic nitrogens is 5. The van der Waals surface area contributed by atoms with Crippen molar-refractivity contribution in [2.75, 3.05) is 13.1 Å². The molecule has 0 amide bonds. The lowest BCUT2D eigenvalue weighted by Gasteiger charge is -2.38. The molecule has 30 heavy (non-hydrogen) atoms. The molecule has 5 heterocycles. The van der Waals surface area contributed by atoms with Gasteiger partial charge in [0.2, 0.25) is 0 Å². The molecule has 0 bridgehead atoms. The van der Waals surface area contributed by atoms with Crippen molar-refractivity contribution in [1.82, 2.24) is 29.2 Å². The molecule has 1 spiro atoms. The fraction of sp³-hybridized carbons (Fsp3) is 0.476. The van der Waals surface area contributed by atoms with Gasteiger partial charge >= 0.3 is 11.1 Å². The van der Waals surface area contributed by atoms with Crippen LogP contribution in [0.3, 0.4) is 0 Å². The van der Waals surface area contributed by atoms with Crippen molar-refractivity contribution in [2.45, 2.75) is 45.8 Å². The smallest absolute Gasteiger partial charge is 0.297 e. The molecule has 2 aliphatic heterocycles. The van der Waals surface area contributed by atoms with E-state index in [0.717, 1.165) is 61.1 Å². The Morgan fingerprint density at radius 3 is 2.63 bits per heavy atom. The Hall–Kier alpha value is -2.65. The molecule has 0 unspecified atom stereocenters. The van der Waals surface area contributed by atoms with Crippen LogP contribution in [-0.4, -0.2) is 42.3 Å². The van der Waals surface area contributed by atoms with Crippen molar-refractivity contribution < 1.29 is 0 Å². The number of likely N-dealkylation sites (tertiary alicyclic amines) is 1. The second-order valence-corrected chi connectivity index (χ2v) is 9.46. The van der Waals surface area contributed by atoms with E-state index in [1.54, 1.807) is 22.1 Å². The normalized spacial score (nSPS) is 18.0. The molecule has 0 aromatic carbocycles. The predicted molar refractivity (Wildman–Crippen MR) is 114 cm³/mol. The highest BCUT2D eigenvalue weighted by Gasteiger charge is 2.42. The van der Waals surface area contributed by atoms with Gasteiger partial charge in [0.05, 0.1) is 22.9 Å². The Kier molecular flexibility index (Phi) is 4.86. The van der Waals surface area contributed by atoms with Gasteiger partial charge in [0.1, 0.15) is 5.82 Å². The van der Waals surface area contributed by atoms with Gasteiger partial charge in [0, 0.05) is 31.1 Å². The van der Waals surface area contributed by atoms with Crippen molar-refractivity contribution in [3.8, 4) is 0 Å². The number of aryl methyl sites for hydroxylation is 1. The van der Waals surface area contributed by atoms with E-state index in [1.807, 2.05) is 25.1 Å². The molecule has 1 saturated heterocycles. The number of hydrogen-bond acceptors (Lipinski definition) is 7. The lowest BCUT2D eigenvalue weighted by molar-refractivity contribution is 0.0971. The third kappa shape index (κ3) is 3.63. The van der Waals surface area contributed by atoms with Crippen LogP contribution in [0.1, 0.15) is 35.1 Å². The van der Waals surface area contributed by atoms with Gasteiger partial charge in [-0.1, -0.05) is 6.07 Å². The Labute approximate surface area is 177 Å². The van der Waals surface area contributed by atoms with Crippen LogP contribution in [0.25, 0.3) is 0 Å². The second-order valence-electron chi connectivity index (χ2n) is 8.40. The van der Waals surface area contributed by atoms with Crippen LogP contribution >= 0.6 is 11.3 Å². The number of rotatable bonds is 4. The Balaban J connectivity index is 1.32. The number of piperidine rings is 1. The molecule has 9 heteroatoms. The Morgan fingerprint density at radius 2 is 1.93 bits per heavy atom. The fourth-order valence-corrected chi connectivity index (χ4v) is 5.19. The van der Waals surface area contributed by atoms with E-state index in [9.17, 15) is 9.59 Å². The highest BCUT2D eigenvalue weighted by Crippen LogP contribution is 2.40. The van der Waals surface area contributed by atoms with Gasteiger partial charge in [-0.05, 0) is 50.4 Å². The van der Waals surface area contributed by atoms with Crippen molar-refractivity contribution in [1.29, 1.82) is 0 Å². The van der Waals surface area contributed by atoms with Crippen molar-refractivity contribution in [3.05, 3.63) is 72.7 Å². The molecule has 0 radical (unpaired) electrons. The molecule has 156 valence electrons. The van der Waals surface area contributed by atoms with E-state index in [-0.39, 0.29) is 12.0 Å². The number of thiazole rings is 1. The van der Waals surface area contributed by atoms with Gasteiger partial charge in [-0.15, -0.1) is 11.3 Å². The highest BCUT2D eigenvalue weighted by atomic mass is 32.1. The molecule has 2 aliphatic rings. The third-order valence-corrected chi connectivity index (χ3v) is 7.07. The molecular formula is C21H24N6O2S. The molecule has 3 aromatic heterocycles. The summed E-state index contributed by atoms with van der Waals surface area (Å²) in [5.41, 5.74) is 0.831. The van der Waals surface area contributed by atoms with Gasteiger partial charge in [-0.2, -0.15) is 5.10 Å². The van der Waals surface area contributed by atoms with E-state index >= 15 is 0 Å².